The monoisotopic (exact) mass is 242 g/mol. The number of aliphatic hydroxyl groups is 1. The minimum atomic E-state index is -1.05. The third-order valence-electron chi connectivity index (χ3n) is 2.86. The van der Waals surface area contributed by atoms with E-state index in [4.69, 9.17) is 0 Å². The average molecular weight is 242 g/mol. The second-order valence-electron chi connectivity index (χ2n) is 4.06. The van der Waals surface area contributed by atoms with E-state index < -0.39 is 11.9 Å². The van der Waals surface area contributed by atoms with E-state index in [2.05, 4.69) is 4.98 Å². The van der Waals surface area contributed by atoms with Gasteiger partial charge in [-0.3, -0.25) is 0 Å². The summed E-state index contributed by atoms with van der Waals surface area (Å²) in [4.78, 5) is 4.28. The quantitative estimate of drug-likeness (QED) is 0.750. The minimum absolute atomic E-state index is 0.237. The minimum Gasteiger partial charge on any atom is -0.382 e. The van der Waals surface area contributed by atoms with Crippen molar-refractivity contribution >= 4 is 5.65 Å². The van der Waals surface area contributed by atoms with Gasteiger partial charge in [0.1, 0.15) is 17.6 Å². The van der Waals surface area contributed by atoms with Crippen molar-refractivity contribution in [1.82, 2.24) is 9.38 Å². The highest BCUT2D eigenvalue weighted by molar-refractivity contribution is 5.41. The van der Waals surface area contributed by atoms with E-state index in [1.807, 2.05) is 24.4 Å². The lowest BCUT2D eigenvalue weighted by Crippen LogP contribution is -2.02. The fourth-order valence-electron chi connectivity index (χ4n) is 1.94. The Kier molecular flexibility index (Phi) is 2.57. The summed E-state index contributed by atoms with van der Waals surface area (Å²) in [6.07, 6.45) is 2.48. The van der Waals surface area contributed by atoms with E-state index in [9.17, 15) is 9.50 Å². The van der Waals surface area contributed by atoms with Gasteiger partial charge in [-0.15, -0.1) is 0 Å². The summed E-state index contributed by atoms with van der Waals surface area (Å²) in [7, 11) is 0. The molecule has 0 fully saturated rings. The molecule has 1 unspecified atom stereocenters. The molecule has 3 rings (SSSR count). The van der Waals surface area contributed by atoms with Crippen LogP contribution in [0.25, 0.3) is 5.65 Å². The smallest absolute Gasteiger partial charge is 0.137 e. The Morgan fingerprint density at radius 2 is 1.89 bits per heavy atom. The van der Waals surface area contributed by atoms with Crippen LogP contribution in [-0.4, -0.2) is 14.5 Å². The maximum absolute atomic E-state index is 13.6. The van der Waals surface area contributed by atoms with Crippen LogP contribution < -0.4 is 0 Å². The summed E-state index contributed by atoms with van der Waals surface area (Å²) in [5.74, 6) is -0.429. The molecule has 0 spiro atoms. The molecular weight excluding hydrogens is 231 g/mol. The second kappa shape index (κ2) is 4.23. The number of hydrogen-bond acceptors (Lipinski definition) is 2. The number of aromatic nitrogens is 2. The van der Waals surface area contributed by atoms with Crippen LogP contribution >= 0.6 is 0 Å². The Morgan fingerprint density at radius 1 is 1.11 bits per heavy atom. The van der Waals surface area contributed by atoms with Crippen LogP contribution in [0.4, 0.5) is 4.39 Å². The Balaban J connectivity index is 2.07. The standard InChI is InChI=1S/C14H11FN2O/c15-11-6-2-1-5-10(11)14(18)12-9-17-8-4-3-7-13(17)16-12/h1-9,14,18H. The number of imidazole rings is 1. The van der Waals surface area contributed by atoms with Crippen molar-refractivity contribution in [3.63, 3.8) is 0 Å². The first kappa shape index (κ1) is 10.9. The fourth-order valence-corrected chi connectivity index (χ4v) is 1.94. The number of nitrogens with zero attached hydrogens (tertiary/aromatic N) is 2. The van der Waals surface area contributed by atoms with Gasteiger partial charge in [0.05, 0.1) is 5.69 Å². The fraction of sp³-hybridized carbons (Fsp3) is 0.0714. The molecule has 4 heteroatoms. The first-order chi connectivity index (χ1) is 8.75. The van der Waals surface area contributed by atoms with Gasteiger partial charge in [-0.2, -0.15) is 0 Å². The van der Waals surface area contributed by atoms with Crippen LogP contribution in [0.1, 0.15) is 17.4 Å². The van der Waals surface area contributed by atoms with Gasteiger partial charge in [-0.05, 0) is 18.2 Å². The molecule has 0 amide bonds. The summed E-state index contributed by atoms with van der Waals surface area (Å²) >= 11 is 0. The van der Waals surface area contributed by atoms with Crippen molar-refractivity contribution in [2.45, 2.75) is 6.10 Å². The van der Waals surface area contributed by atoms with Crippen LogP contribution in [0.3, 0.4) is 0 Å². The summed E-state index contributed by atoms with van der Waals surface area (Å²) < 4.78 is 15.4. The van der Waals surface area contributed by atoms with Gasteiger partial charge in [0, 0.05) is 18.0 Å². The molecule has 1 atom stereocenters. The molecule has 0 saturated carbocycles. The van der Waals surface area contributed by atoms with Crippen molar-refractivity contribution in [2.75, 3.05) is 0 Å². The SMILES string of the molecule is OC(c1cn2ccccc2n1)c1ccccc1F. The lowest BCUT2D eigenvalue weighted by Gasteiger charge is -2.08. The zero-order valence-corrected chi connectivity index (χ0v) is 9.49. The molecule has 0 radical (unpaired) electrons. The molecule has 2 aromatic heterocycles. The number of pyridine rings is 1. The Bertz CT molecular complexity index is 660. The summed E-state index contributed by atoms with van der Waals surface area (Å²) in [6.45, 7) is 0. The zero-order chi connectivity index (χ0) is 12.5. The van der Waals surface area contributed by atoms with E-state index in [1.165, 1.54) is 6.07 Å². The van der Waals surface area contributed by atoms with Crippen molar-refractivity contribution in [2.24, 2.45) is 0 Å². The Labute approximate surface area is 103 Å². The van der Waals surface area contributed by atoms with Crippen LogP contribution in [0.15, 0.2) is 54.9 Å². The number of hydrogen-bond donors (Lipinski definition) is 1. The number of aliphatic hydroxyl groups excluding tert-OH is 1. The molecule has 1 aromatic carbocycles. The number of rotatable bonds is 2. The molecule has 2 heterocycles. The third-order valence-corrected chi connectivity index (χ3v) is 2.86. The van der Waals surface area contributed by atoms with Crippen LogP contribution in [0.5, 0.6) is 0 Å². The highest BCUT2D eigenvalue weighted by atomic mass is 19.1. The molecule has 1 N–H and O–H groups in total. The third kappa shape index (κ3) is 1.76. The molecular formula is C14H11FN2O. The predicted octanol–water partition coefficient (Wildman–Crippen LogP) is 2.56. The normalized spacial score (nSPS) is 12.8. The first-order valence-corrected chi connectivity index (χ1v) is 5.62. The van der Waals surface area contributed by atoms with Crippen molar-refractivity contribution in [3.05, 3.63) is 71.9 Å². The second-order valence-corrected chi connectivity index (χ2v) is 4.06. The van der Waals surface area contributed by atoms with Gasteiger partial charge >= 0.3 is 0 Å². The number of benzene rings is 1. The van der Waals surface area contributed by atoms with Gasteiger partial charge in [-0.25, -0.2) is 9.37 Å². The molecule has 0 bridgehead atoms. The number of fused-ring (bicyclic) bond motifs is 1. The average Bonchev–Trinajstić information content (AvgIpc) is 2.82. The lowest BCUT2D eigenvalue weighted by atomic mass is 10.1. The van der Waals surface area contributed by atoms with E-state index in [0.29, 0.717) is 5.69 Å². The van der Waals surface area contributed by atoms with E-state index in [-0.39, 0.29) is 5.56 Å². The highest BCUT2D eigenvalue weighted by Gasteiger charge is 2.17. The summed E-state index contributed by atoms with van der Waals surface area (Å²) in [5, 5.41) is 10.2. The topological polar surface area (TPSA) is 37.5 Å². The van der Waals surface area contributed by atoms with Crippen molar-refractivity contribution in [1.29, 1.82) is 0 Å². The van der Waals surface area contributed by atoms with Crippen molar-refractivity contribution < 1.29 is 9.50 Å². The summed E-state index contributed by atoms with van der Waals surface area (Å²) in [6, 6.07) is 11.7. The van der Waals surface area contributed by atoms with Crippen molar-refractivity contribution in [3.8, 4) is 0 Å². The van der Waals surface area contributed by atoms with Gasteiger partial charge in [-0.1, -0.05) is 24.3 Å². The van der Waals surface area contributed by atoms with Crippen LogP contribution in [0, 0.1) is 5.82 Å². The maximum Gasteiger partial charge on any atom is 0.137 e. The predicted molar refractivity (Wildman–Crippen MR) is 65.7 cm³/mol. The number of halogens is 1. The molecule has 90 valence electrons. The first-order valence-electron chi connectivity index (χ1n) is 5.62. The molecule has 0 aliphatic carbocycles. The molecule has 0 aliphatic rings. The van der Waals surface area contributed by atoms with Gasteiger partial charge in [0.25, 0.3) is 0 Å². The largest absolute Gasteiger partial charge is 0.382 e. The molecule has 0 aliphatic heterocycles. The Hall–Kier alpha value is -2.20. The van der Waals surface area contributed by atoms with Gasteiger partial charge in [0.15, 0.2) is 0 Å². The molecule has 18 heavy (non-hydrogen) atoms. The highest BCUT2D eigenvalue weighted by Crippen LogP contribution is 2.23. The zero-order valence-electron chi connectivity index (χ0n) is 9.49. The van der Waals surface area contributed by atoms with E-state index in [0.717, 1.165) is 5.65 Å². The lowest BCUT2D eigenvalue weighted by molar-refractivity contribution is 0.210. The van der Waals surface area contributed by atoms with Crippen LogP contribution in [-0.2, 0) is 0 Å². The van der Waals surface area contributed by atoms with Gasteiger partial charge < -0.3 is 9.51 Å². The molecule has 3 aromatic rings. The van der Waals surface area contributed by atoms with Crippen LogP contribution in [0.2, 0.25) is 0 Å². The van der Waals surface area contributed by atoms with E-state index >= 15 is 0 Å². The maximum atomic E-state index is 13.6. The molecule has 3 nitrogen and oxygen atoms in total. The summed E-state index contributed by atoms with van der Waals surface area (Å²) in [5.41, 5.74) is 1.40. The van der Waals surface area contributed by atoms with E-state index in [1.54, 1.807) is 28.8 Å². The van der Waals surface area contributed by atoms with Gasteiger partial charge in [0.2, 0.25) is 0 Å². The Morgan fingerprint density at radius 3 is 2.67 bits per heavy atom. The molecule has 0 saturated heterocycles.